The molecule has 0 spiro atoms. The molecule has 220 valence electrons. The molecule has 41 heavy (non-hydrogen) atoms. The number of alkyl halides is 3. The third-order valence-electron chi connectivity index (χ3n) is 7.28. The van der Waals surface area contributed by atoms with Gasteiger partial charge in [-0.3, -0.25) is 9.59 Å². The summed E-state index contributed by atoms with van der Waals surface area (Å²) < 4.78 is 46.7. The van der Waals surface area contributed by atoms with E-state index in [4.69, 9.17) is 9.84 Å². The largest absolute Gasteiger partial charge is 0.481 e. The number of rotatable bonds is 11. The standard InChI is InChI=1S/C29H34F3N5O4/c1-36(16-15-26(38)39)28(40)20-11-13-21(14-12-20)33-27(19-7-4-3-5-8-19)22-17-37(35-23(22)18-41-2)25-10-6-9-24(34-25)29(30,31)32/h6,9-14,17,19,27,33H,3-5,7-8,15-16,18H2,1-2H3,(H,38,39). The molecule has 1 aliphatic carbocycles. The van der Waals surface area contributed by atoms with Crippen LogP contribution in [0.5, 0.6) is 0 Å². The van der Waals surface area contributed by atoms with Crippen LogP contribution in [0.2, 0.25) is 0 Å². The van der Waals surface area contributed by atoms with Gasteiger partial charge >= 0.3 is 12.1 Å². The van der Waals surface area contributed by atoms with E-state index < -0.39 is 17.8 Å². The molecule has 2 N–H and O–H groups in total. The molecule has 2 heterocycles. The number of aromatic nitrogens is 3. The molecule has 4 rings (SSSR count). The molecule has 1 aromatic carbocycles. The van der Waals surface area contributed by atoms with Crippen LogP contribution in [0.1, 0.15) is 71.9 Å². The van der Waals surface area contributed by atoms with Crippen LogP contribution in [0.3, 0.4) is 0 Å². The van der Waals surface area contributed by atoms with E-state index in [9.17, 15) is 22.8 Å². The number of halogens is 3. The van der Waals surface area contributed by atoms with Crippen molar-refractivity contribution in [2.24, 2.45) is 5.92 Å². The highest BCUT2D eigenvalue weighted by Crippen LogP contribution is 2.38. The topological polar surface area (TPSA) is 110 Å². The lowest BCUT2D eigenvalue weighted by molar-refractivity contribution is -0.141. The van der Waals surface area contributed by atoms with Gasteiger partial charge < -0.3 is 20.1 Å². The van der Waals surface area contributed by atoms with Gasteiger partial charge in [0.1, 0.15) is 5.69 Å². The number of methoxy groups -OCH3 is 1. The number of amides is 1. The van der Waals surface area contributed by atoms with Gasteiger partial charge in [0.15, 0.2) is 5.82 Å². The number of carboxylic acids is 1. The molecular weight excluding hydrogens is 539 g/mol. The molecule has 0 radical (unpaired) electrons. The van der Waals surface area contributed by atoms with Crippen molar-refractivity contribution in [2.45, 2.75) is 57.3 Å². The van der Waals surface area contributed by atoms with Gasteiger partial charge in [-0.25, -0.2) is 9.67 Å². The van der Waals surface area contributed by atoms with Crippen molar-refractivity contribution in [3.63, 3.8) is 0 Å². The average molecular weight is 574 g/mol. The number of hydrogen-bond donors (Lipinski definition) is 2. The average Bonchev–Trinajstić information content (AvgIpc) is 3.38. The molecular formula is C29H34F3N5O4. The molecule has 0 aliphatic heterocycles. The minimum atomic E-state index is -4.58. The Kier molecular flexibility index (Phi) is 9.64. The fraction of sp³-hybridized carbons (Fsp3) is 0.448. The summed E-state index contributed by atoms with van der Waals surface area (Å²) in [6.45, 7) is 0.271. The maximum atomic E-state index is 13.3. The highest BCUT2D eigenvalue weighted by molar-refractivity contribution is 5.94. The number of carbonyl (C=O) groups is 2. The summed E-state index contributed by atoms with van der Waals surface area (Å²) in [5.74, 6) is -0.951. The molecule has 1 aliphatic rings. The van der Waals surface area contributed by atoms with Crippen molar-refractivity contribution in [1.29, 1.82) is 0 Å². The molecule has 1 fully saturated rings. The predicted molar refractivity (Wildman–Crippen MR) is 146 cm³/mol. The zero-order chi connectivity index (χ0) is 29.6. The molecule has 1 atom stereocenters. The number of carbonyl (C=O) groups excluding carboxylic acids is 1. The van der Waals surface area contributed by atoms with E-state index in [0.717, 1.165) is 49.4 Å². The first-order chi connectivity index (χ1) is 19.6. The molecule has 1 amide bonds. The Morgan fingerprint density at radius 3 is 2.49 bits per heavy atom. The zero-order valence-electron chi connectivity index (χ0n) is 23.0. The quantitative estimate of drug-likeness (QED) is 0.302. The van der Waals surface area contributed by atoms with Crippen LogP contribution in [-0.4, -0.2) is 57.3 Å². The minimum Gasteiger partial charge on any atom is -0.481 e. The second-order valence-electron chi connectivity index (χ2n) is 10.3. The highest BCUT2D eigenvalue weighted by Gasteiger charge is 2.33. The van der Waals surface area contributed by atoms with Gasteiger partial charge in [0.2, 0.25) is 0 Å². The smallest absolute Gasteiger partial charge is 0.433 e. The van der Waals surface area contributed by atoms with Gasteiger partial charge in [-0.2, -0.15) is 18.3 Å². The Balaban J connectivity index is 1.63. The van der Waals surface area contributed by atoms with Crippen molar-refractivity contribution in [1.82, 2.24) is 19.7 Å². The summed E-state index contributed by atoms with van der Waals surface area (Å²) >= 11 is 0. The highest BCUT2D eigenvalue weighted by atomic mass is 19.4. The van der Waals surface area contributed by atoms with E-state index in [2.05, 4.69) is 15.4 Å². The van der Waals surface area contributed by atoms with Gasteiger partial charge in [0, 0.05) is 43.7 Å². The van der Waals surface area contributed by atoms with Crippen LogP contribution in [0, 0.1) is 5.92 Å². The van der Waals surface area contributed by atoms with E-state index in [1.54, 1.807) is 37.5 Å². The number of pyridine rings is 1. The van der Waals surface area contributed by atoms with Crippen LogP contribution < -0.4 is 5.32 Å². The summed E-state index contributed by atoms with van der Waals surface area (Å²) in [7, 11) is 3.10. The summed E-state index contributed by atoms with van der Waals surface area (Å²) in [5, 5.41) is 17.0. The number of nitrogens with zero attached hydrogens (tertiary/aromatic N) is 4. The molecule has 0 bridgehead atoms. The van der Waals surface area contributed by atoms with Crippen molar-refractivity contribution in [3.8, 4) is 5.82 Å². The fourth-order valence-electron chi connectivity index (χ4n) is 5.15. The minimum absolute atomic E-state index is 0.0562. The van der Waals surface area contributed by atoms with E-state index >= 15 is 0 Å². The molecule has 3 aromatic rings. The van der Waals surface area contributed by atoms with Crippen molar-refractivity contribution in [2.75, 3.05) is 26.0 Å². The van der Waals surface area contributed by atoms with Gasteiger partial charge in [0.25, 0.3) is 5.91 Å². The molecule has 1 unspecified atom stereocenters. The first kappa shape index (κ1) is 30.0. The Bertz CT molecular complexity index is 1340. The maximum absolute atomic E-state index is 13.3. The van der Waals surface area contributed by atoms with E-state index in [1.807, 2.05) is 0 Å². The Morgan fingerprint density at radius 1 is 1.15 bits per heavy atom. The van der Waals surface area contributed by atoms with Crippen LogP contribution in [-0.2, 0) is 22.3 Å². The van der Waals surface area contributed by atoms with E-state index in [0.29, 0.717) is 11.3 Å². The summed E-state index contributed by atoms with van der Waals surface area (Å²) in [6.07, 6.45) is 2.24. The Morgan fingerprint density at radius 2 is 1.85 bits per heavy atom. The third-order valence-corrected chi connectivity index (χ3v) is 7.28. The zero-order valence-corrected chi connectivity index (χ0v) is 23.0. The van der Waals surface area contributed by atoms with Crippen LogP contribution in [0.4, 0.5) is 18.9 Å². The van der Waals surface area contributed by atoms with Gasteiger partial charge in [-0.1, -0.05) is 25.3 Å². The van der Waals surface area contributed by atoms with Gasteiger partial charge in [-0.15, -0.1) is 0 Å². The summed E-state index contributed by atoms with van der Waals surface area (Å²) in [5.41, 5.74) is 1.61. The summed E-state index contributed by atoms with van der Waals surface area (Å²) in [6, 6.07) is 10.5. The van der Waals surface area contributed by atoms with Crippen LogP contribution in [0.25, 0.3) is 5.82 Å². The monoisotopic (exact) mass is 573 g/mol. The number of carboxylic acid groups (broad SMARTS) is 1. The fourth-order valence-corrected chi connectivity index (χ4v) is 5.15. The molecule has 2 aromatic heterocycles. The van der Waals surface area contributed by atoms with E-state index in [1.165, 1.54) is 28.8 Å². The number of hydrogen-bond acceptors (Lipinski definition) is 6. The van der Waals surface area contributed by atoms with Crippen LogP contribution in [0.15, 0.2) is 48.7 Å². The maximum Gasteiger partial charge on any atom is 0.433 e. The first-order valence-corrected chi connectivity index (χ1v) is 13.5. The summed E-state index contributed by atoms with van der Waals surface area (Å²) in [4.78, 5) is 28.7. The number of aliphatic carboxylic acids is 1. The SMILES string of the molecule is COCc1nn(-c2cccc(C(F)(F)F)n2)cc1C(Nc1ccc(C(=O)N(C)CCC(=O)O)cc1)C1CCCCC1. The number of ether oxygens (including phenoxy) is 1. The molecule has 9 nitrogen and oxygen atoms in total. The second-order valence-corrected chi connectivity index (χ2v) is 10.3. The molecule has 0 saturated heterocycles. The third kappa shape index (κ3) is 7.63. The van der Waals surface area contributed by atoms with Gasteiger partial charge in [0.05, 0.1) is 24.8 Å². The van der Waals surface area contributed by atoms with Gasteiger partial charge in [-0.05, 0) is 55.2 Å². The predicted octanol–water partition coefficient (Wildman–Crippen LogP) is 5.71. The van der Waals surface area contributed by atoms with Crippen LogP contribution >= 0.6 is 0 Å². The van der Waals surface area contributed by atoms with E-state index in [-0.39, 0.29) is 43.3 Å². The normalized spacial score (nSPS) is 15.0. The number of anilines is 1. The molecule has 12 heteroatoms. The first-order valence-electron chi connectivity index (χ1n) is 13.5. The number of benzene rings is 1. The van der Waals surface area contributed by atoms with Crippen molar-refractivity contribution < 1.29 is 32.6 Å². The van der Waals surface area contributed by atoms with Crippen molar-refractivity contribution >= 4 is 17.6 Å². The Hall–Kier alpha value is -3.93. The number of nitrogens with one attached hydrogen (secondary N) is 1. The Labute approximate surface area is 236 Å². The van der Waals surface area contributed by atoms with Crippen molar-refractivity contribution in [3.05, 3.63) is 71.2 Å². The molecule has 1 saturated carbocycles. The second kappa shape index (κ2) is 13.2. The lowest BCUT2D eigenvalue weighted by Gasteiger charge is -2.32. The lowest BCUT2D eigenvalue weighted by Crippen LogP contribution is -2.29. The lowest BCUT2D eigenvalue weighted by atomic mass is 9.81.